The van der Waals surface area contributed by atoms with Gasteiger partial charge in [-0.25, -0.2) is 5.09 Å². The van der Waals surface area contributed by atoms with Crippen molar-refractivity contribution in [1.82, 2.24) is 15.2 Å². The van der Waals surface area contributed by atoms with E-state index in [1.54, 1.807) is 6.92 Å². The highest BCUT2D eigenvalue weighted by molar-refractivity contribution is 8.55. The van der Waals surface area contributed by atoms with Gasteiger partial charge in [0.1, 0.15) is 5.75 Å². The van der Waals surface area contributed by atoms with E-state index in [9.17, 15) is 4.57 Å². The Morgan fingerprint density at radius 2 is 2.00 bits per heavy atom. The summed E-state index contributed by atoms with van der Waals surface area (Å²) in [4.78, 5) is 4.28. The molecule has 0 aliphatic carbocycles. The van der Waals surface area contributed by atoms with Crippen LogP contribution in [0.15, 0.2) is 16.7 Å². The Hall–Kier alpha value is -1.05. The zero-order valence-electron chi connectivity index (χ0n) is 16.1. The van der Waals surface area contributed by atoms with Crippen LogP contribution in [0.5, 0.6) is 5.75 Å². The van der Waals surface area contributed by atoms with E-state index in [1.165, 1.54) is 0 Å². The number of hydrogen-bond acceptors (Lipinski definition) is 7. The predicted octanol–water partition coefficient (Wildman–Crippen LogP) is 5.29. The van der Waals surface area contributed by atoms with Gasteiger partial charge in [0.2, 0.25) is 11.7 Å². The van der Waals surface area contributed by atoms with Gasteiger partial charge >= 0.3 is 6.72 Å². The molecule has 0 saturated heterocycles. The van der Waals surface area contributed by atoms with Gasteiger partial charge in [0.25, 0.3) is 0 Å². The molecule has 0 spiro atoms. The number of aryl methyl sites for hydroxylation is 2. The smallest absolute Gasteiger partial charge is 0.327 e. The van der Waals surface area contributed by atoms with Gasteiger partial charge in [-0.3, -0.25) is 4.57 Å². The molecule has 0 aliphatic rings. The van der Waals surface area contributed by atoms with Crippen molar-refractivity contribution in [2.24, 2.45) is 0 Å². The molecule has 0 bridgehead atoms. The van der Waals surface area contributed by atoms with Crippen molar-refractivity contribution in [2.45, 2.75) is 53.0 Å². The molecule has 150 valence electrons. The van der Waals surface area contributed by atoms with Crippen LogP contribution >= 0.6 is 29.7 Å². The molecule has 1 atom stereocenters. The average molecular weight is 434 g/mol. The highest BCUT2D eigenvalue weighted by Crippen LogP contribution is 2.57. The van der Waals surface area contributed by atoms with Gasteiger partial charge < -0.3 is 13.8 Å². The number of nitrogens with one attached hydrogen (secondary N) is 1. The van der Waals surface area contributed by atoms with Crippen LogP contribution in [-0.2, 0) is 21.4 Å². The molecule has 10 heteroatoms. The van der Waals surface area contributed by atoms with E-state index in [-0.39, 0.29) is 18.4 Å². The Kier molecular flexibility index (Phi) is 8.19. The summed E-state index contributed by atoms with van der Waals surface area (Å²) in [6, 6.07) is 3.76. The molecule has 1 N–H and O–H groups in total. The van der Waals surface area contributed by atoms with E-state index in [1.807, 2.05) is 39.8 Å². The van der Waals surface area contributed by atoms with Gasteiger partial charge in [0, 0.05) is 11.1 Å². The highest BCUT2D eigenvalue weighted by atomic mass is 35.5. The van der Waals surface area contributed by atoms with Crippen LogP contribution in [0.25, 0.3) is 0 Å². The molecule has 2 aromatic rings. The standard InChI is InChI=1S/C17H25ClN3O4PS/c1-6-24-26(22,21-11(2)3)27-10-16-19-15(20-25-16)9-23-14-7-12(4)17(18)13(5)8-14/h7-8,11H,6,9-10H2,1-5H3,(H,21,22)/t26-/m1/s1. The summed E-state index contributed by atoms with van der Waals surface area (Å²) in [5.41, 5.74) is 1.89. The molecule has 7 nitrogen and oxygen atoms in total. The number of rotatable bonds is 10. The largest absolute Gasteiger partial charge is 0.485 e. The minimum atomic E-state index is -3.02. The molecule has 0 saturated carbocycles. The monoisotopic (exact) mass is 433 g/mol. The minimum Gasteiger partial charge on any atom is -0.485 e. The Bertz CT molecular complexity index is 792. The van der Waals surface area contributed by atoms with Crippen LogP contribution in [0.1, 0.15) is 43.6 Å². The van der Waals surface area contributed by atoms with Crippen molar-refractivity contribution in [2.75, 3.05) is 6.61 Å². The summed E-state index contributed by atoms with van der Waals surface area (Å²) in [6.07, 6.45) is 0. The van der Waals surface area contributed by atoms with Gasteiger partial charge in [-0.2, -0.15) is 4.98 Å². The first-order valence-electron chi connectivity index (χ1n) is 8.60. The van der Waals surface area contributed by atoms with Gasteiger partial charge in [0.05, 0.1) is 12.4 Å². The quantitative estimate of drug-likeness (QED) is 0.505. The van der Waals surface area contributed by atoms with Crippen LogP contribution in [0.2, 0.25) is 5.02 Å². The lowest BCUT2D eigenvalue weighted by molar-refractivity contribution is 0.285. The van der Waals surface area contributed by atoms with E-state index in [4.69, 9.17) is 25.4 Å². The Morgan fingerprint density at radius 3 is 2.59 bits per heavy atom. The summed E-state index contributed by atoms with van der Waals surface area (Å²) < 4.78 is 29.0. The maximum Gasteiger partial charge on any atom is 0.327 e. The molecule has 27 heavy (non-hydrogen) atoms. The van der Waals surface area contributed by atoms with Gasteiger partial charge in [0.15, 0.2) is 6.61 Å². The van der Waals surface area contributed by atoms with Crippen molar-refractivity contribution < 1.29 is 18.3 Å². The summed E-state index contributed by atoms with van der Waals surface area (Å²) in [7, 11) is 0. The number of benzene rings is 1. The second-order valence-electron chi connectivity index (χ2n) is 6.24. The number of nitrogens with zero attached hydrogens (tertiary/aromatic N) is 2. The van der Waals surface area contributed by atoms with Crippen molar-refractivity contribution in [3.8, 4) is 5.75 Å². The zero-order chi connectivity index (χ0) is 20.0. The second-order valence-corrected chi connectivity index (χ2v) is 10.9. The maximum atomic E-state index is 12.7. The molecule has 0 radical (unpaired) electrons. The number of ether oxygens (including phenoxy) is 1. The van der Waals surface area contributed by atoms with Gasteiger partial charge in [-0.15, -0.1) is 0 Å². The second kappa shape index (κ2) is 9.94. The lowest BCUT2D eigenvalue weighted by Crippen LogP contribution is -2.19. The summed E-state index contributed by atoms with van der Waals surface area (Å²) in [5, 5.41) is 7.60. The van der Waals surface area contributed by atoms with Crippen molar-refractivity contribution in [3.05, 3.63) is 40.0 Å². The van der Waals surface area contributed by atoms with Crippen LogP contribution in [-0.4, -0.2) is 22.8 Å². The summed E-state index contributed by atoms with van der Waals surface area (Å²) >= 11 is 7.29. The third-order valence-electron chi connectivity index (χ3n) is 3.36. The van der Waals surface area contributed by atoms with Crippen LogP contribution in [0, 0.1) is 13.8 Å². The molecule has 2 rings (SSSR count). The minimum absolute atomic E-state index is 0.0350. The Morgan fingerprint density at radius 1 is 1.33 bits per heavy atom. The first-order valence-corrected chi connectivity index (χ1v) is 12.2. The Balaban J connectivity index is 1.93. The molecule has 0 unspecified atom stereocenters. The lowest BCUT2D eigenvalue weighted by Gasteiger charge is -2.19. The van der Waals surface area contributed by atoms with Gasteiger partial charge in [-0.05, 0) is 69.3 Å². The number of hydrogen-bond donors (Lipinski definition) is 1. The average Bonchev–Trinajstić information content (AvgIpc) is 3.03. The van der Waals surface area contributed by atoms with Gasteiger partial charge in [-0.1, -0.05) is 16.8 Å². The van der Waals surface area contributed by atoms with Crippen molar-refractivity contribution >= 4 is 29.7 Å². The van der Waals surface area contributed by atoms with E-state index in [2.05, 4.69) is 15.2 Å². The molecular weight excluding hydrogens is 409 g/mol. The molecule has 0 amide bonds. The normalized spacial score (nSPS) is 13.7. The molecule has 1 heterocycles. The topological polar surface area (TPSA) is 86.5 Å². The molecule has 1 aromatic carbocycles. The third kappa shape index (κ3) is 6.80. The lowest BCUT2D eigenvalue weighted by atomic mass is 10.1. The van der Waals surface area contributed by atoms with Crippen LogP contribution in [0.3, 0.4) is 0 Å². The SMILES string of the molecule is CCO[P@](=O)(NC(C)C)SCc1nc(COc2cc(C)c(Cl)c(C)c2)no1. The summed E-state index contributed by atoms with van der Waals surface area (Å²) in [5.74, 6) is 1.76. The van der Waals surface area contributed by atoms with E-state index < -0.39 is 6.72 Å². The van der Waals surface area contributed by atoms with E-state index in [0.717, 1.165) is 27.5 Å². The summed E-state index contributed by atoms with van der Waals surface area (Å²) in [6.45, 7) is 6.98. The molecule has 0 aliphatic heterocycles. The number of aromatic nitrogens is 2. The Labute approximate surface area is 168 Å². The van der Waals surface area contributed by atoms with Crippen molar-refractivity contribution in [1.29, 1.82) is 0 Å². The fraction of sp³-hybridized carbons (Fsp3) is 0.529. The van der Waals surface area contributed by atoms with Crippen LogP contribution in [0.4, 0.5) is 0 Å². The predicted molar refractivity (Wildman–Crippen MR) is 108 cm³/mol. The van der Waals surface area contributed by atoms with Crippen molar-refractivity contribution in [3.63, 3.8) is 0 Å². The zero-order valence-corrected chi connectivity index (χ0v) is 18.6. The first kappa shape index (κ1) is 22.2. The molecule has 1 aromatic heterocycles. The highest BCUT2D eigenvalue weighted by Gasteiger charge is 2.25. The van der Waals surface area contributed by atoms with Crippen LogP contribution < -0.4 is 9.82 Å². The molecular formula is C17H25ClN3O4PS. The third-order valence-corrected chi connectivity index (χ3v) is 8.14. The fourth-order valence-electron chi connectivity index (χ4n) is 2.28. The fourth-order valence-corrected chi connectivity index (χ4v) is 6.22. The number of halogens is 1. The molecule has 0 fully saturated rings. The van der Waals surface area contributed by atoms with E-state index in [0.29, 0.717) is 24.1 Å². The maximum absolute atomic E-state index is 12.7. The van der Waals surface area contributed by atoms with E-state index >= 15 is 0 Å². The first-order chi connectivity index (χ1) is 12.7.